The smallest absolute Gasteiger partial charge is 0.338 e. The maximum absolute atomic E-state index is 12.4. The number of hydrogen-bond donors (Lipinski definition) is 0. The van der Waals surface area contributed by atoms with E-state index in [-0.39, 0.29) is 11.6 Å². The monoisotopic (exact) mass is 270 g/mol. The second kappa shape index (κ2) is 4.34. The topological polar surface area (TPSA) is 26.3 Å². The van der Waals surface area contributed by atoms with E-state index in [2.05, 4.69) is 6.92 Å². The number of hydrogen-bond acceptors (Lipinski definition) is 2. The standard InChI is InChI=1S/C18H22O2/c1-18(20-17(19)14-5-3-2-4-6-14)15-8-12-7-13(10-15)11-16(18)9-12/h2-6,12-13,15-16H,7-11H2,1H3. The molecule has 2 heteroatoms. The third-order valence-corrected chi connectivity index (χ3v) is 6.08. The van der Waals surface area contributed by atoms with E-state index in [0.29, 0.717) is 17.4 Å². The molecule has 0 N–H and O–H groups in total. The summed E-state index contributed by atoms with van der Waals surface area (Å²) in [6.45, 7) is 2.20. The molecule has 0 radical (unpaired) electrons. The lowest BCUT2D eigenvalue weighted by atomic mass is 9.50. The fraction of sp³-hybridized carbons (Fsp3) is 0.611. The van der Waals surface area contributed by atoms with Gasteiger partial charge in [-0.15, -0.1) is 0 Å². The van der Waals surface area contributed by atoms with Crippen molar-refractivity contribution >= 4 is 5.97 Å². The molecule has 4 aliphatic rings. The van der Waals surface area contributed by atoms with Crippen molar-refractivity contribution in [3.8, 4) is 0 Å². The number of benzene rings is 1. The molecule has 1 aromatic rings. The van der Waals surface area contributed by atoms with Crippen LogP contribution in [0.1, 0.15) is 49.4 Å². The van der Waals surface area contributed by atoms with Crippen LogP contribution in [0.3, 0.4) is 0 Å². The van der Waals surface area contributed by atoms with Gasteiger partial charge in [-0.3, -0.25) is 0 Å². The molecule has 106 valence electrons. The Balaban J connectivity index is 1.57. The van der Waals surface area contributed by atoms with E-state index in [1.165, 1.54) is 32.1 Å². The summed E-state index contributed by atoms with van der Waals surface area (Å²) in [4.78, 5) is 12.4. The summed E-state index contributed by atoms with van der Waals surface area (Å²) >= 11 is 0. The number of esters is 1. The van der Waals surface area contributed by atoms with Gasteiger partial charge < -0.3 is 4.74 Å². The van der Waals surface area contributed by atoms with E-state index >= 15 is 0 Å². The van der Waals surface area contributed by atoms with Crippen LogP contribution in [-0.2, 0) is 4.74 Å². The van der Waals surface area contributed by atoms with Crippen molar-refractivity contribution in [1.29, 1.82) is 0 Å². The molecule has 0 aromatic heterocycles. The highest BCUT2D eigenvalue weighted by Gasteiger charge is 2.57. The SMILES string of the molecule is CC1(OC(=O)c2ccccc2)C2CC3CC(C2)CC1C3. The van der Waals surface area contributed by atoms with Crippen LogP contribution in [0.4, 0.5) is 0 Å². The third kappa shape index (κ3) is 1.81. The van der Waals surface area contributed by atoms with Crippen LogP contribution in [0, 0.1) is 23.7 Å². The Labute approximate surface area is 120 Å². The van der Waals surface area contributed by atoms with Crippen LogP contribution in [0.2, 0.25) is 0 Å². The summed E-state index contributed by atoms with van der Waals surface area (Å²) in [7, 11) is 0. The lowest BCUT2D eigenvalue weighted by Crippen LogP contribution is -2.57. The van der Waals surface area contributed by atoms with E-state index in [9.17, 15) is 4.79 Å². The van der Waals surface area contributed by atoms with Crippen molar-refractivity contribution in [1.82, 2.24) is 0 Å². The van der Waals surface area contributed by atoms with Gasteiger partial charge in [0.15, 0.2) is 0 Å². The first kappa shape index (κ1) is 12.4. The summed E-state index contributed by atoms with van der Waals surface area (Å²) in [5.41, 5.74) is 0.461. The summed E-state index contributed by atoms with van der Waals surface area (Å²) in [5, 5.41) is 0. The van der Waals surface area contributed by atoms with Crippen molar-refractivity contribution in [2.24, 2.45) is 23.7 Å². The Bertz CT molecular complexity index is 491. The minimum atomic E-state index is -0.222. The van der Waals surface area contributed by atoms with E-state index in [0.717, 1.165) is 11.8 Å². The van der Waals surface area contributed by atoms with E-state index in [1.54, 1.807) is 0 Å². The predicted octanol–water partition coefficient (Wildman–Crippen LogP) is 4.06. The first-order chi connectivity index (χ1) is 9.65. The first-order valence-electron chi connectivity index (χ1n) is 7.93. The Morgan fingerprint density at radius 2 is 1.55 bits per heavy atom. The molecule has 4 aliphatic carbocycles. The molecule has 0 heterocycles. The molecule has 5 rings (SSSR count). The highest BCUT2D eigenvalue weighted by Crippen LogP contribution is 2.59. The molecule has 0 saturated heterocycles. The van der Waals surface area contributed by atoms with Gasteiger partial charge in [0, 0.05) is 0 Å². The van der Waals surface area contributed by atoms with Gasteiger partial charge in [0.2, 0.25) is 0 Å². The normalized spacial score (nSPS) is 41.6. The maximum Gasteiger partial charge on any atom is 0.338 e. The van der Waals surface area contributed by atoms with Gasteiger partial charge in [-0.25, -0.2) is 4.79 Å². The molecule has 0 atom stereocenters. The lowest BCUT2D eigenvalue weighted by molar-refractivity contribution is -0.165. The zero-order valence-electron chi connectivity index (χ0n) is 12.0. The largest absolute Gasteiger partial charge is 0.455 e. The van der Waals surface area contributed by atoms with Gasteiger partial charge in [0.1, 0.15) is 5.60 Å². The third-order valence-electron chi connectivity index (χ3n) is 6.08. The Morgan fingerprint density at radius 1 is 1.00 bits per heavy atom. The van der Waals surface area contributed by atoms with Gasteiger partial charge in [-0.2, -0.15) is 0 Å². The van der Waals surface area contributed by atoms with Gasteiger partial charge in [-0.1, -0.05) is 18.2 Å². The molecular formula is C18H22O2. The van der Waals surface area contributed by atoms with Gasteiger partial charge in [0.25, 0.3) is 0 Å². The number of rotatable bonds is 2. The Hall–Kier alpha value is -1.31. The van der Waals surface area contributed by atoms with E-state index in [1.807, 2.05) is 30.3 Å². The van der Waals surface area contributed by atoms with Crippen molar-refractivity contribution < 1.29 is 9.53 Å². The number of carbonyl (C=O) groups excluding carboxylic acids is 1. The predicted molar refractivity (Wildman–Crippen MR) is 77.3 cm³/mol. The molecule has 2 nitrogen and oxygen atoms in total. The summed E-state index contributed by atoms with van der Waals surface area (Å²) in [6, 6.07) is 9.43. The quantitative estimate of drug-likeness (QED) is 0.758. The van der Waals surface area contributed by atoms with Crippen LogP contribution in [-0.4, -0.2) is 11.6 Å². The lowest BCUT2D eigenvalue weighted by Gasteiger charge is -2.59. The van der Waals surface area contributed by atoms with Crippen LogP contribution < -0.4 is 0 Å². The van der Waals surface area contributed by atoms with Crippen molar-refractivity contribution in [3.05, 3.63) is 35.9 Å². The van der Waals surface area contributed by atoms with Crippen molar-refractivity contribution in [2.45, 2.75) is 44.6 Å². The Morgan fingerprint density at radius 3 is 2.10 bits per heavy atom. The van der Waals surface area contributed by atoms with Gasteiger partial charge >= 0.3 is 5.97 Å². The highest BCUT2D eigenvalue weighted by molar-refractivity contribution is 5.89. The Kier molecular flexibility index (Phi) is 2.70. The zero-order chi connectivity index (χ0) is 13.7. The van der Waals surface area contributed by atoms with Crippen LogP contribution in [0.15, 0.2) is 30.3 Å². The van der Waals surface area contributed by atoms with Crippen molar-refractivity contribution in [3.63, 3.8) is 0 Å². The average molecular weight is 270 g/mol. The van der Waals surface area contributed by atoms with Crippen LogP contribution >= 0.6 is 0 Å². The van der Waals surface area contributed by atoms with E-state index in [4.69, 9.17) is 4.74 Å². The fourth-order valence-electron chi connectivity index (χ4n) is 5.12. The van der Waals surface area contributed by atoms with Crippen molar-refractivity contribution in [2.75, 3.05) is 0 Å². The molecule has 1 aromatic carbocycles. The van der Waals surface area contributed by atoms with Gasteiger partial charge in [0.05, 0.1) is 5.56 Å². The minimum Gasteiger partial charge on any atom is -0.455 e. The number of ether oxygens (including phenoxy) is 1. The van der Waals surface area contributed by atoms with E-state index < -0.39 is 0 Å². The number of carbonyl (C=O) groups is 1. The molecule has 4 saturated carbocycles. The summed E-state index contributed by atoms with van der Waals surface area (Å²) in [6.07, 6.45) is 6.50. The summed E-state index contributed by atoms with van der Waals surface area (Å²) in [5.74, 6) is 2.85. The first-order valence-corrected chi connectivity index (χ1v) is 7.93. The zero-order valence-corrected chi connectivity index (χ0v) is 12.0. The molecular weight excluding hydrogens is 248 g/mol. The van der Waals surface area contributed by atoms with Gasteiger partial charge in [-0.05, 0) is 74.8 Å². The molecule has 4 bridgehead atoms. The minimum absolute atomic E-state index is 0.138. The maximum atomic E-state index is 12.4. The summed E-state index contributed by atoms with van der Waals surface area (Å²) < 4.78 is 6.06. The fourth-order valence-corrected chi connectivity index (χ4v) is 5.12. The molecule has 4 fully saturated rings. The second-order valence-electron chi connectivity index (χ2n) is 7.24. The van der Waals surface area contributed by atoms with Crippen LogP contribution in [0.25, 0.3) is 0 Å². The molecule has 0 unspecified atom stereocenters. The molecule has 0 aliphatic heterocycles. The molecule has 0 spiro atoms. The van der Waals surface area contributed by atoms with Crippen LogP contribution in [0.5, 0.6) is 0 Å². The highest BCUT2D eigenvalue weighted by atomic mass is 16.6. The molecule has 20 heavy (non-hydrogen) atoms. The molecule has 0 amide bonds. The average Bonchev–Trinajstić information content (AvgIpc) is 2.45. The second-order valence-corrected chi connectivity index (χ2v) is 7.24.